The maximum Gasteiger partial charge on any atom is 0.163 e. The largest absolute Gasteiger partial charge is 0.496 e. The van der Waals surface area contributed by atoms with Gasteiger partial charge in [0.05, 0.1) is 30.6 Å². The van der Waals surface area contributed by atoms with Gasteiger partial charge in [0.15, 0.2) is 5.78 Å². The van der Waals surface area contributed by atoms with Crippen molar-refractivity contribution in [2.45, 2.75) is 41.2 Å². The van der Waals surface area contributed by atoms with Crippen LogP contribution in [0, 0.1) is 27.7 Å². The second-order valence-corrected chi connectivity index (χ2v) is 5.31. The number of methoxy groups -OCH3 is 1. The van der Waals surface area contributed by atoms with Crippen LogP contribution in [0.5, 0.6) is 5.75 Å². The van der Waals surface area contributed by atoms with Crippen LogP contribution in [0.3, 0.4) is 0 Å². The fourth-order valence-electron chi connectivity index (χ4n) is 2.73. The Balaban J connectivity index is 2.44. The molecule has 112 valence electrons. The van der Waals surface area contributed by atoms with Crippen molar-refractivity contribution in [2.24, 2.45) is 0 Å². The molecule has 0 aliphatic heterocycles. The molecule has 0 atom stereocenters. The highest BCUT2D eigenvalue weighted by Gasteiger charge is 2.17. The first-order valence-corrected chi connectivity index (χ1v) is 6.90. The molecule has 0 bridgehead atoms. The summed E-state index contributed by atoms with van der Waals surface area (Å²) < 4.78 is 7.26. The third-order valence-electron chi connectivity index (χ3n) is 3.78. The Morgan fingerprint density at radius 3 is 2.48 bits per heavy atom. The Bertz CT molecular complexity index is 702. The monoisotopic (exact) mass is 287 g/mol. The molecule has 5 heteroatoms. The normalized spacial score (nSPS) is 10.8. The third-order valence-corrected chi connectivity index (χ3v) is 3.78. The Labute approximate surface area is 125 Å². The van der Waals surface area contributed by atoms with Crippen molar-refractivity contribution in [3.8, 4) is 5.75 Å². The zero-order valence-electron chi connectivity index (χ0n) is 13.4. The standard InChI is InChI=1S/C16H21N3O2/c1-9-7-17-14(10(2)16(9)21-6)8-19-12(4)15(13(5)20)11(3)18-19/h7H,8H2,1-6H3. The Morgan fingerprint density at radius 2 is 1.95 bits per heavy atom. The molecule has 2 rings (SSSR count). The van der Waals surface area contributed by atoms with Gasteiger partial charge in [0.25, 0.3) is 0 Å². The average Bonchev–Trinajstić information content (AvgIpc) is 2.68. The van der Waals surface area contributed by atoms with Crippen LogP contribution < -0.4 is 4.74 Å². The topological polar surface area (TPSA) is 57.0 Å². The summed E-state index contributed by atoms with van der Waals surface area (Å²) in [7, 11) is 1.66. The van der Waals surface area contributed by atoms with E-state index in [9.17, 15) is 4.79 Å². The van der Waals surface area contributed by atoms with E-state index in [1.54, 1.807) is 20.2 Å². The minimum absolute atomic E-state index is 0.0439. The fraction of sp³-hybridized carbons (Fsp3) is 0.438. The first-order valence-electron chi connectivity index (χ1n) is 6.90. The van der Waals surface area contributed by atoms with Gasteiger partial charge in [-0.15, -0.1) is 0 Å². The molecule has 2 aromatic heterocycles. The first-order chi connectivity index (χ1) is 9.86. The maximum atomic E-state index is 11.7. The fourth-order valence-corrected chi connectivity index (χ4v) is 2.73. The number of Topliss-reactive ketones (excluding diaryl/α,β-unsaturated/α-hetero) is 1. The molecular formula is C16H21N3O2. The molecule has 2 heterocycles. The number of carbonyl (C=O) groups excluding carboxylic acids is 1. The van der Waals surface area contributed by atoms with E-state index in [2.05, 4.69) is 10.1 Å². The van der Waals surface area contributed by atoms with Crippen LogP contribution >= 0.6 is 0 Å². The molecule has 21 heavy (non-hydrogen) atoms. The van der Waals surface area contributed by atoms with E-state index < -0.39 is 0 Å². The molecule has 0 aliphatic carbocycles. The molecule has 0 saturated carbocycles. The Kier molecular flexibility index (Phi) is 4.11. The van der Waals surface area contributed by atoms with Crippen LogP contribution in [-0.2, 0) is 6.54 Å². The molecule has 0 saturated heterocycles. The molecule has 0 unspecified atom stereocenters. The van der Waals surface area contributed by atoms with E-state index in [4.69, 9.17) is 4.74 Å². The second-order valence-electron chi connectivity index (χ2n) is 5.31. The Morgan fingerprint density at radius 1 is 1.29 bits per heavy atom. The van der Waals surface area contributed by atoms with Crippen LogP contribution in [0.2, 0.25) is 0 Å². The number of ketones is 1. The van der Waals surface area contributed by atoms with Gasteiger partial charge in [-0.3, -0.25) is 14.5 Å². The zero-order chi connectivity index (χ0) is 15.7. The summed E-state index contributed by atoms with van der Waals surface area (Å²) in [5, 5.41) is 4.46. The van der Waals surface area contributed by atoms with Gasteiger partial charge in [-0.1, -0.05) is 0 Å². The van der Waals surface area contributed by atoms with Gasteiger partial charge in [-0.2, -0.15) is 5.10 Å². The molecule has 5 nitrogen and oxygen atoms in total. The summed E-state index contributed by atoms with van der Waals surface area (Å²) >= 11 is 0. The second kappa shape index (κ2) is 5.68. The SMILES string of the molecule is COc1c(C)cnc(Cn2nc(C)c(C(C)=O)c2C)c1C. The van der Waals surface area contributed by atoms with Crippen LogP contribution in [-0.4, -0.2) is 27.7 Å². The van der Waals surface area contributed by atoms with Gasteiger partial charge >= 0.3 is 0 Å². The predicted octanol–water partition coefficient (Wildman–Crippen LogP) is 2.77. The number of aromatic nitrogens is 3. The van der Waals surface area contributed by atoms with Crippen molar-refractivity contribution in [3.63, 3.8) is 0 Å². The van der Waals surface area contributed by atoms with Crippen molar-refractivity contribution in [2.75, 3.05) is 7.11 Å². The molecule has 0 aliphatic rings. The van der Waals surface area contributed by atoms with Gasteiger partial charge in [-0.25, -0.2) is 0 Å². The molecule has 0 N–H and O–H groups in total. The van der Waals surface area contributed by atoms with Crippen molar-refractivity contribution in [1.82, 2.24) is 14.8 Å². The lowest BCUT2D eigenvalue weighted by molar-refractivity contribution is 0.101. The summed E-state index contributed by atoms with van der Waals surface area (Å²) in [4.78, 5) is 16.2. The molecule has 0 amide bonds. The summed E-state index contributed by atoms with van der Waals surface area (Å²) in [6.45, 7) is 9.83. The summed E-state index contributed by atoms with van der Waals surface area (Å²) in [6.07, 6.45) is 1.80. The smallest absolute Gasteiger partial charge is 0.163 e. The molecule has 0 fully saturated rings. The minimum Gasteiger partial charge on any atom is -0.496 e. The number of hydrogen-bond donors (Lipinski definition) is 0. The molecule has 0 radical (unpaired) electrons. The first kappa shape index (κ1) is 15.2. The Hall–Kier alpha value is -2.17. The highest BCUT2D eigenvalue weighted by atomic mass is 16.5. The van der Waals surface area contributed by atoms with E-state index in [0.29, 0.717) is 12.1 Å². The molecular weight excluding hydrogens is 266 g/mol. The minimum atomic E-state index is 0.0439. The van der Waals surface area contributed by atoms with Crippen molar-refractivity contribution in [3.05, 3.63) is 40.0 Å². The van der Waals surface area contributed by atoms with Crippen molar-refractivity contribution >= 4 is 5.78 Å². The summed E-state index contributed by atoms with van der Waals surface area (Å²) in [5.74, 6) is 0.899. The number of hydrogen-bond acceptors (Lipinski definition) is 4. The van der Waals surface area contributed by atoms with E-state index in [1.807, 2.05) is 32.4 Å². The predicted molar refractivity (Wildman–Crippen MR) is 81.1 cm³/mol. The highest BCUT2D eigenvalue weighted by Crippen LogP contribution is 2.25. The number of rotatable bonds is 4. The van der Waals surface area contributed by atoms with Crippen LogP contribution in [0.25, 0.3) is 0 Å². The number of pyridine rings is 1. The van der Waals surface area contributed by atoms with Gasteiger partial charge < -0.3 is 4.74 Å². The maximum absolute atomic E-state index is 11.7. The molecule has 0 aromatic carbocycles. The summed E-state index contributed by atoms with van der Waals surface area (Å²) in [6, 6.07) is 0. The third kappa shape index (κ3) is 2.68. The van der Waals surface area contributed by atoms with Crippen molar-refractivity contribution < 1.29 is 9.53 Å². The van der Waals surface area contributed by atoms with E-state index in [1.165, 1.54) is 0 Å². The molecule has 0 spiro atoms. The van der Waals surface area contributed by atoms with E-state index >= 15 is 0 Å². The van der Waals surface area contributed by atoms with Crippen molar-refractivity contribution in [1.29, 1.82) is 0 Å². The summed E-state index contributed by atoms with van der Waals surface area (Å²) in [5.41, 5.74) is 5.26. The zero-order valence-corrected chi connectivity index (χ0v) is 13.4. The van der Waals surface area contributed by atoms with Gasteiger partial charge in [0.2, 0.25) is 0 Å². The van der Waals surface area contributed by atoms with Crippen LogP contribution in [0.15, 0.2) is 6.20 Å². The van der Waals surface area contributed by atoms with Gasteiger partial charge in [0.1, 0.15) is 5.75 Å². The van der Waals surface area contributed by atoms with Crippen LogP contribution in [0.4, 0.5) is 0 Å². The van der Waals surface area contributed by atoms with Gasteiger partial charge in [-0.05, 0) is 34.6 Å². The molecule has 2 aromatic rings. The number of ether oxygens (including phenoxy) is 1. The van der Waals surface area contributed by atoms with Gasteiger partial charge in [0, 0.05) is 23.0 Å². The van der Waals surface area contributed by atoms with E-state index in [0.717, 1.165) is 34.0 Å². The number of nitrogens with zero attached hydrogens (tertiary/aromatic N) is 3. The lowest BCUT2D eigenvalue weighted by Gasteiger charge is -2.13. The average molecular weight is 287 g/mol. The van der Waals surface area contributed by atoms with Crippen LogP contribution in [0.1, 0.15) is 45.5 Å². The lowest BCUT2D eigenvalue weighted by atomic mass is 10.1. The number of carbonyl (C=O) groups is 1. The lowest BCUT2D eigenvalue weighted by Crippen LogP contribution is -2.09. The quantitative estimate of drug-likeness (QED) is 0.811. The highest BCUT2D eigenvalue weighted by molar-refractivity contribution is 5.96. The number of aryl methyl sites for hydroxylation is 2. The van der Waals surface area contributed by atoms with E-state index in [-0.39, 0.29) is 5.78 Å².